The fraction of sp³-hybridized carbons (Fsp3) is 0.133. The van der Waals surface area contributed by atoms with Crippen molar-refractivity contribution in [2.45, 2.75) is 10.6 Å². The van der Waals surface area contributed by atoms with Crippen molar-refractivity contribution < 1.29 is 9.53 Å². The number of nitrogen functional groups attached to an aromatic ring is 1. The van der Waals surface area contributed by atoms with Gasteiger partial charge in [0.2, 0.25) is 0 Å². The van der Waals surface area contributed by atoms with Gasteiger partial charge in [-0.15, -0.1) is 11.8 Å². The van der Waals surface area contributed by atoms with Crippen LogP contribution in [0.4, 0.5) is 5.69 Å². The zero-order chi connectivity index (χ0) is 13.7. The molecule has 2 aromatic carbocycles. The van der Waals surface area contributed by atoms with E-state index in [9.17, 15) is 4.79 Å². The number of benzene rings is 2. The Morgan fingerprint density at radius 2 is 1.95 bits per heavy atom. The van der Waals surface area contributed by atoms with Crippen molar-refractivity contribution in [1.29, 1.82) is 0 Å². The number of carbonyl (C=O) groups is 1. The third-order valence-electron chi connectivity index (χ3n) is 2.67. The summed E-state index contributed by atoms with van der Waals surface area (Å²) in [6.45, 7) is 0. The van der Waals surface area contributed by atoms with Gasteiger partial charge in [-0.05, 0) is 23.8 Å². The Hall–Kier alpha value is -1.94. The monoisotopic (exact) mass is 273 g/mol. The number of anilines is 1. The highest BCUT2D eigenvalue weighted by Gasteiger charge is 2.08. The van der Waals surface area contributed by atoms with Crippen molar-refractivity contribution in [2.75, 3.05) is 12.8 Å². The van der Waals surface area contributed by atoms with Gasteiger partial charge in [0.1, 0.15) is 0 Å². The standard InChI is InChI=1S/C15H15NO2S/c1-18-15(17)12-7-8-14(13(16)9-12)19-10-11-5-3-2-4-6-11/h2-9H,10,16H2,1H3. The number of hydrogen-bond acceptors (Lipinski definition) is 4. The van der Waals surface area contributed by atoms with Crippen LogP contribution in [0.15, 0.2) is 53.4 Å². The van der Waals surface area contributed by atoms with Crippen molar-refractivity contribution in [3.8, 4) is 0 Å². The van der Waals surface area contributed by atoms with E-state index in [1.165, 1.54) is 12.7 Å². The summed E-state index contributed by atoms with van der Waals surface area (Å²) in [5.41, 5.74) is 8.27. The second-order valence-corrected chi connectivity index (χ2v) is 5.04. The highest BCUT2D eigenvalue weighted by molar-refractivity contribution is 7.98. The molecule has 19 heavy (non-hydrogen) atoms. The lowest BCUT2D eigenvalue weighted by atomic mass is 10.2. The van der Waals surface area contributed by atoms with Crippen LogP contribution in [0, 0.1) is 0 Å². The zero-order valence-corrected chi connectivity index (χ0v) is 11.4. The first-order valence-corrected chi connectivity index (χ1v) is 6.84. The number of carbonyl (C=O) groups excluding carboxylic acids is 1. The van der Waals surface area contributed by atoms with E-state index in [1.54, 1.807) is 23.9 Å². The maximum Gasteiger partial charge on any atom is 0.337 e. The van der Waals surface area contributed by atoms with E-state index in [0.29, 0.717) is 11.3 Å². The second kappa shape index (κ2) is 6.29. The molecule has 2 aromatic rings. The van der Waals surface area contributed by atoms with Gasteiger partial charge in [-0.1, -0.05) is 30.3 Å². The number of hydrogen-bond donors (Lipinski definition) is 1. The normalized spacial score (nSPS) is 10.2. The molecule has 0 heterocycles. The molecule has 0 aliphatic carbocycles. The van der Waals surface area contributed by atoms with E-state index in [4.69, 9.17) is 5.73 Å². The molecule has 0 atom stereocenters. The highest BCUT2D eigenvalue weighted by Crippen LogP contribution is 2.28. The molecule has 0 aliphatic rings. The minimum absolute atomic E-state index is 0.369. The number of thioether (sulfide) groups is 1. The Kier molecular flexibility index (Phi) is 4.47. The van der Waals surface area contributed by atoms with E-state index >= 15 is 0 Å². The zero-order valence-electron chi connectivity index (χ0n) is 10.6. The van der Waals surface area contributed by atoms with Crippen LogP contribution >= 0.6 is 11.8 Å². The van der Waals surface area contributed by atoms with E-state index in [-0.39, 0.29) is 5.97 Å². The number of nitrogens with two attached hydrogens (primary N) is 1. The molecule has 0 spiro atoms. The van der Waals surface area contributed by atoms with E-state index in [2.05, 4.69) is 16.9 Å². The molecule has 0 saturated carbocycles. The maximum absolute atomic E-state index is 11.4. The lowest BCUT2D eigenvalue weighted by Gasteiger charge is -2.07. The average molecular weight is 273 g/mol. The van der Waals surface area contributed by atoms with Gasteiger partial charge in [0.05, 0.1) is 12.7 Å². The van der Waals surface area contributed by atoms with Gasteiger partial charge in [0.25, 0.3) is 0 Å². The van der Waals surface area contributed by atoms with Crippen LogP contribution in [0.5, 0.6) is 0 Å². The van der Waals surface area contributed by atoms with Crippen LogP contribution in [0.3, 0.4) is 0 Å². The summed E-state index contributed by atoms with van der Waals surface area (Å²) in [5, 5.41) is 0. The Labute approximate surface area is 116 Å². The Morgan fingerprint density at radius 3 is 2.58 bits per heavy atom. The molecule has 0 unspecified atom stereocenters. The van der Waals surface area contributed by atoms with Crippen molar-refractivity contribution in [3.63, 3.8) is 0 Å². The summed E-state index contributed by atoms with van der Waals surface area (Å²) in [6, 6.07) is 15.4. The Balaban J connectivity index is 2.07. The van der Waals surface area contributed by atoms with Gasteiger partial charge in [-0.2, -0.15) is 0 Å². The third kappa shape index (κ3) is 3.51. The van der Waals surface area contributed by atoms with Crippen LogP contribution in [0.1, 0.15) is 15.9 Å². The predicted octanol–water partition coefficient (Wildman–Crippen LogP) is 3.35. The molecule has 3 nitrogen and oxygen atoms in total. The van der Waals surface area contributed by atoms with Crippen LogP contribution < -0.4 is 5.73 Å². The van der Waals surface area contributed by atoms with Gasteiger partial charge in [-0.3, -0.25) is 0 Å². The molecule has 0 aromatic heterocycles. The maximum atomic E-state index is 11.4. The number of ether oxygens (including phenoxy) is 1. The Bertz CT molecular complexity index is 570. The highest BCUT2D eigenvalue weighted by atomic mass is 32.2. The smallest absolute Gasteiger partial charge is 0.337 e. The third-order valence-corrected chi connectivity index (χ3v) is 3.83. The van der Waals surface area contributed by atoms with Crippen LogP contribution in [0.2, 0.25) is 0 Å². The van der Waals surface area contributed by atoms with Gasteiger partial charge in [0.15, 0.2) is 0 Å². The van der Waals surface area contributed by atoms with Crippen molar-refractivity contribution in [2.24, 2.45) is 0 Å². The van der Waals surface area contributed by atoms with Crippen molar-refractivity contribution in [1.82, 2.24) is 0 Å². The second-order valence-electron chi connectivity index (χ2n) is 4.02. The number of esters is 1. The SMILES string of the molecule is COC(=O)c1ccc(SCc2ccccc2)c(N)c1. The molecule has 0 amide bonds. The fourth-order valence-corrected chi connectivity index (χ4v) is 2.56. The first-order valence-electron chi connectivity index (χ1n) is 5.85. The van der Waals surface area contributed by atoms with Gasteiger partial charge in [0, 0.05) is 16.3 Å². The average Bonchev–Trinajstić information content (AvgIpc) is 2.46. The van der Waals surface area contributed by atoms with Gasteiger partial charge < -0.3 is 10.5 Å². The molecule has 4 heteroatoms. The van der Waals surface area contributed by atoms with E-state index in [1.807, 2.05) is 24.3 Å². The summed E-state index contributed by atoms with van der Waals surface area (Å²) in [4.78, 5) is 12.3. The molecule has 0 fully saturated rings. The van der Waals surface area contributed by atoms with Gasteiger partial charge in [-0.25, -0.2) is 4.79 Å². The molecule has 0 aliphatic heterocycles. The molecular weight excluding hydrogens is 258 g/mol. The lowest BCUT2D eigenvalue weighted by molar-refractivity contribution is 0.0600. The van der Waals surface area contributed by atoms with Gasteiger partial charge >= 0.3 is 5.97 Å². The first kappa shape index (κ1) is 13.5. The summed E-state index contributed by atoms with van der Waals surface area (Å²) in [7, 11) is 1.36. The van der Waals surface area contributed by atoms with Crippen LogP contribution in [-0.4, -0.2) is 13.1 Å². The summed E-state index contributed by atoms with van der Waals surface area (Å²) >= 11 is 1.65. The number of methoxy groups -OCH3 is 1. The predicted molar refractivity (Wildman–Crippen MR) is 78.2 cm³/mol. The van der Waals surface area contributed by atoms with Crippen LogP contribution in [-0.2, 0) is 10.5 Å². The quantitative estimate of drug-likeness (QED) is 0.527. The topological polar surface area (TPSA) is 52.3 Å². The fourth-order valence-electron chi connectivity index (χ4n) is 1.66. The lowest BCUT2D eigenvalue weighted by Crippen LogP contribution is -2.02. The van der Waals surface area contributed by atoms with Crippen LogP contribution in [0.25, 0.3) is 0 Å². The first-order chi connectivity index (χ1) is 9.20. The molecule has 0 bridgehead atoms. The molecule has 0 radical (unpaired) electrons. The minimum atomic E-state index is -0.369. The molecule has 2 rings (SSSR count). The summed E-state index contributed by atoms with van der Waals surface area (Å²) in [6.07, 6.45) is 0. The summed E-state index contributed by atoms with van der Waals surface area (Å²) < 4.78 is 4.66. The minimum Gasteiger partial charge on any atom is -0.465 e. The van der Waals surface area contributed by atoms with E-state index < -0.39 is 0 Å². The molecule has 98 valence electrons. The summed E-state index contributed by atoms with van der Waals surface area (Å²) in [5.74, 6) is 0.481. The number of rotatable bonds is 4. The molecular formula is C15H15NO2S. The molecule has 2 N–H and O–H groups in total. The Morgan fingerprint density at radius 1 is 1.21 bits per heavy atom. The van der Waals surface area contributed by atoms with Crippen molar-refractivity contribution >= 4 is 23.4 Å². The molecule has 0 saturated heterocycles. The van der Waals surface area contributed by atoms with Crippen molar-refractivity contribution in [3.05, 3.63) is 59.7 Å². The largest absolute Gasteiger partial charge is 0.465 e. The van der Waals surface area contributed by atoms with E-state index in [0.717, 1.165) is 10.6 Å².